The van der Waals surface area contributed by atoms with Gasteiger partial charge in [-0.25, -0.2) is 10.4 Å². The summed E-state index contributed by atoms with van der Waals surface area (Å²) >= 11 is 0. The summed E-state index contributed by atoms with van der Waals surface area (Å²) in [5.74, 6) is 0.623. The van der Waals surface area contributed by atoms with Crippen molar-refractivity contribution in [2.24, 2.45) is 5.92 Å². The van der Waals surface area contributed by atoms with Crippen molar-refractivity contribution in [1.29, 1.82) is 5.26 Å². The smallest absolute Gasteiger partial charge is 0.142 e. The summed E-state index contributed by atoms with van der Waals surface area (Å²) < 4.78 is 5.58. The fraction of sp³-hybridized carbons (Fsp3) is 0.444. The molecule has 1 aliphatic heterocycles. The van der Waals surface area contributed by atoms with Gasteiger partial charge in [-0.3, -0.25) is 5.43 Å². The number of methoxy groups -OCH3 is 1. The zero-order chi connectivity index (χ0) is 17.4. The Balaban J connectivity index is 1.75. The summed E-state index contributed by atoms with van der Waals surface area (Å²) in [6.45, 7) is 0. The third-order valence-corrected chi connectivity index (χ3v) is 5.44. The molecule has 2 aromatic heterocycles. The van der Waals surface area contributed by atoms with Crippen LogP contribution in [-0.4, -0.2) is 29.2 Å². The molecular formula is C18H22N6O. The van der Waals surface area contributed by atoms with E-state index in [2.05, 4.69) is 26.9 Å². The van der Waals surface area contributed by atoms with Gasteiger partial charge in [-0.15, -0.1) is 0 Å². The van der Waals surface area contributed by atoms with Crippen LogP contribution in [0.15, 0.2) is 24.4 Å². The number of nitrogens with one attached hydrogen (secondary N) is 3. The second kappa shape index (κ2) is 6.48. The molecule has 7 nitrogen and oxygen atoms in total. The van der Waals surface area contributed by atoms with Crippen molar-refractivity contribution in [1.82, 2.24) is 20.8 Å². The van der Waals surface area contributed by atoms with Crippen LogP contribution in [0.25, 0.3) is 11.4 Å². The molecule has 2 fully saturated rings. The van der Waals surface area contributed by atoms with E-state index in [1.54, 1.807) is 7.11 Å². The summed E-state index contributed by atoms with van der Waals surface area (Å²) in [7, 11) is 1.77. The number of H-pyrrole nitrogens is 1. The average Bonchev–Trinajstić information content (AvgIpc) is 3.30. The minimum absolute atomic E-state index is 0.0108. The normalized spacial score (nSPS) is 28.5. The Morgan fingerprint density at radius 2 is 2.24 bits per heavy atom. The van der Waals surface area contributed by atoms with E-state index in [1.807, 2.05) is 24.4 Å². The Hall–Kier alpha value is -2.40. The Labute approximate surface area is 146 Å². The summed E-state index contributed by atoms with van der Waals surface area (Å²) in [4.78, 5) is 7.56. The Kier molecular flexibility index (Phi) is 4.17. The van der Waals surface area contributed by atoms with Gasteiger partial charge in [0.25, 0.3) is 0 Å². The lowest BCUT2D eigenvalue weighted by molar-refractivity contribution is 0.0439. The highest BCUT2D eigenvalue weighted by Crippen LogP contribution is 2.41. The third kappa shape index (κ3) is 2.78. The summed E-state index contributed by atoms with van der Waals surface area (Å²) in [5.41, 5.74) is 15.9. The van der Waals surface area contributed by atoms with Gasteiger partial charge in [0.2, 0.25) is 0 Å². The molecule has 0 bridgehead atoms. The minimum Gasteiger partial charge on any atom is -0.383 e. The molecule has 130 valence electrons. The van der Waals surface area contributed by atoms with Gasteiger partial charge >= 0.3 is 0 Å². The first-order valence-corrected chi connectivity index (χ1v) is 8.59. The van der Waals surface area contributed by atoms with Gasteiger partial charge in [0.05, 0.1) is 29.1 Å². The summed E-state index contributed by atoms with van der Waals surface area (Å²) in [6, 6.07) is 8.46. The fourth-order valence-corrected chi connectivity index (χ4v) is 4.12. The SMILES string of the molecule is COC1CCC2NNC(c3cc(-c4ccc[nH]4)nc(N)c3C#N)C2C1. The number of hydrogen-bond acceptors (Lipinski definition) is 6. The third-order valence-electron chi connectivity index (χ3n) is 5.44. The highest BCUT2D eigenvalue weighted by molar-refractivity contribution is 5.64. The summed E-state index contributed by atoms with van der Waals surface area (Å²) in [5, 5.41) is 9.62. The quantitative estimate of drug-likeness (QED) is 0.680. The number of aromatic amines is 1. The van der Waals surface area contributed by atoms with Crippen LogP contribution in [0.4, 0.5) is 5.82 Å². The maximum atomic E-state index is 9.62. The van der Waals surface area contributed by atoms with E-state index in [9.17, 15) is 5.26 Å². The first kappa shape index (κ1) is 16.1. The lowest BCUT2D eigenvalue weighted by Gasteiger charge is -2.32. The molecule has 2 aromatic rings. The minimum atomic E-state index is 0.0108. The molecule has 1 saturated carbocycles. The maximum absolute atomic E-state index is 9.62. The summed E-state index contributed by atoms with van der Waals surface area (Å²) in [6.07, 6.45) is 5.17. The average molecular weight is 338 g/mol. The van der Waals surface area contributed by atoms with Gasteiger partial charge in [0, 0.05) is 19.3 Å². The number of nitriles is 1. The molecule has 2 aliphatic rings. The van der Waals surface area contributed by atoms with Crippen LogP contribution in [-0.2, 0) is 4.74 Å². The molecular weight excluding hydrogens is 316 g/mol. The lowest BCUT2D eigenvalue weighted by Crippen LogP contribution is -2.37. The van der Waals surface area contributed by atoms with Gasteiger partial charge in [0.15, 0.2) is 0 Å². The molecule has 1 saturated heterocycles. The van der Waals surface area contributed by atoms with E-state index < -0.39 is 0 Å². The topological polar surface area (TPSA) is 112 Å². The number of pyridine rings is 1. The number of hydrazine groups is 1. The Bertz CT molecular complexity index is 797. The second-order valence-corrected chi connectivity index (χ2v) is 6.76. The molecule has 7 heteroatoms. The predicted molar refractivity (Wildman–Crippen MR) is 94.1 cm³/mol. The molecule has 3 heterocycles. The van der Waals surface area contributed by atoms with Gasteiger partial charge in [-0.1, -0.05) is 0 Å². The van der Waals surface area contributed by atoms with Crippen molar-refractivity contribution in [3.63, 3.8) is 0 Å². The Morgan fingerprint density at radius 3 is 2.96 bits per heavy atom. The van der Waals surface area contributed by atoms with Crippen LogP contribution in [0.3, 0.4) is 0 Å². The molecule has 0 spiro atoms. The van der Waals surface area contributed by atoms with Gasteiger partial charge in [0.1, 0.15) is 11.9 Å². The van der Waals surface area contributed by atoms with E-state index in [0.717, 1.165) is 36.2 Å². The zero-order valence-electron chi connectivity index (χ0n) is 14.1. The van der Waals surface area contributed by atoms with Gasteiger partial charge < -0.3 is 15.5 Å². The van der Waals surface area contributed by atoms with Crippen molar-refractivity contribution in [2.75, 3.05) is 12.8 Å². The number of anilines is 1. The van der Waals surface area contributed by atoms with Gasteiger partial charge in [-0.2, -0.15) is 5.26 Å². The molecule has 4 atom stereocenters. The van der Waals surface area contributed by atoms with E-state index >= 15 is 0 Å². The number of rotatable bonds is 3. The van der Waals surface area contributed by atoms with Crippen LogP contribution in [0, 0.1) is 17.2 Å². The van der Waals surface area contributed by atoms with Crippen LogP contribution in [0.1, 0.15) is 36.4 Å². The van der Waals surface area contributed by atoms with Crippen molar-refractivity contribution in [3.05, 3.63) is 35.5 Å². The van der Waals surface area contributed by atoms with Crippen molar-refractivity contribution in [3.8, 4) is 17.5 Å². The number of aromatic nitrogens is 2. The molecule has 4 rings (SSSR count). The van der Waals surface area contributed by atoms with E-state index in [1.165, 1.54) is 0 Å². The first-order valence-electron chi connectivity index (χ1n) is 8.59. The highest BCUT2D eigenvalue weighted by atomic mass is 16.5. The monoisotopic (exact) mass is 338 g/mol. The standard InChI is InChI=1S/C18H22N6O/c1-25-10-4-5-14-12(7-10)17(24-23-14)11-8-16(15-3-2-6-21-15)22-18(20)13(11)9-19/h2-3,6,8,10,12,14,17,21,23-24H,4-5,7H2,1H3,(H2,20,22). The van der Waals surface area contributed by atoms with Crippen molar-refractivity contribution < 1.29 is 4.74 Å². The van der Waals surface area contributed by atoms with Gasteiger partial charge in [-0.05, 0) is 48.9 Å². The fourth-order valence-electron chi connectivity index (χ4n) is 4.12. The molecule has 0 radical (unpaired) electrons. The molecule has 5 N–H and O–H groups in total. The van der Waals surface area contributed by atoms with Crippen molar-refractivity contribution >= 4 is 5.82 Å². The molecule has 25 heavy (non-hydrogen) atoms. The molecule has 0 aromatic carbocycles. The zero-order valence-corrected chi connectivity index (χ0v) is 14.1. The predicted octanol–water partition coefficient (Wildman–Crippen LogP) is 1.86. The number of nitrogens with two attached hydrogens (primary N) is 1. The Morgan fingerprint density at radius 1 is 1.36 bits per heavy atom. The molecule has 1 aliphatic carbocycles. The number of nitrogens with zero attached hydrogens (tertiary/aromatic N) is 2. The first-order chi connectivity index (χ1) is 12.2. The second-order valence-electron chi connectivity index (χ2n) is 6.76. The number of ether oxygens (including phenoxy) is 1. The highest BCUT2D eigenvalue weighted by Gasteiger charge is 2.42. The lowest BCUT2D eigenvalue weighted by atomic mass is 9.77. The van der Waals surface area contributed by atoms with E-state index in [4.69, 9.17) is 10.5 Å². The molecule has 0 amide bonds. The van der Waals surface area contributed by atoms with Crippen molar-refractivity contribution in [2.45, 2.75) is 37.5 Å². The van der Waals surface area contributed by atoms with E-state index in [0.29, 0.717) is 17.5 Å². The number of nitrogen functional groups attached to an aromatic ring is 1. The maximum Gasteiger partial charge on any atom is 0.142 e. The van der Waals surface area contributed by atoms with Crippen LogP contribution >= 0.6 is 0 Å². The van der Waals surface area contributed by atoms with Crippen LogP contribution in [0.5, 0.6) is 0 Å². The van der Waals surface area contributed by atoms with Crippen LogP contribution in [0.2, 0.25) is 0 Å². The molecule has 4 unspecified atom stereocenters. The largest absolute Gasteiger partial charge is 0.383 e. The number of hydrogen-bond donors (Lipinski definition) is 4. The van der Waals surface area contributed by atoms with Crippen LogP contribution < -0.4 is 16.6 Å². The number of fused-ring (bicyclic) bond motifs is 1. The van der Waals surface area contributed by atoms with E-state index in [-0.39, 0.29) is 18.0 Å².